The molecule has 3 aromatic carbocycles. The predicted molar refractivity (Wildman–Crippen MR) is 132 cm³/mol. The molecule has 4 nitrogen and oxygen atoms in total. The second-order valence-corrected chi connectivity index (χ2v) is 8.88. The van der Waals surface area contributed by atoms with Crippen molar-refractivity contribution in [3.8, 4) is 0 Å². The van der Waals surface area contributed by atoms with Crippen molar-refractivity contribution in [1.82, 2.24) is 9.80 Å². The largest absolute Gasteiger partial charge is 0.369 e. The maximum absolute atomic E-state index is 12.8. The minimum Gasteiger partial charge on any atom is -0.369 e. The minimum absolute atomic E-state index is 0.0578. The van der Waals surface area contributed by atoms with Crippen molar-refractivity contribution in [2.45, 2.75) is 26.9 Å². The Balaban J connectivity index is 1.29. The zero-order valence-electron chi connectivity index (χ0n) is 19.4. The van der Waals surface area contributed by atoms with Crippen LogP contribution in [0.1, 0.15) is 32.6 Å². The number of hydrogen-bond acceptors (Lipinski definition) is 3. The van der Waals surface area contributed by atoms with Crippen LogP contribution in [-0.2, 0) is 13.1 Å². The van der Waals surface area contributed by atoms with Gasteiger partial charge in [-0.25, -0.2) is 0 Å². The summed E-state index contributed by atoms with van der Waals surface area (Å²) in [5.74, 6) is 0.0578. The van der Waals surface area contributed by atoms with E-state index in [-0.39, 0.29) is 5.91 Å². The van der Waals surface area contributed by atoms with Crippen LogP contribution in [0.25, 0.3) is 0 Å². The van der Waals surface area contributed by atoms with E-state index >= 15 is 0 Å². The molecule has 1 aliphatic heterocycles. The molecule has 0 radical (unpaired) electrons. The minimum atomic E-state index is 0.0578. The summed E-state index contributed by atoms with van der Waals surface area (Å²) in [6, 6.07) is 25.0. The van der Waals surface area contributed by atoms with Crippen molar-refractivity contribution in [2.75, 3.05) is 38.1 Å². The normalized spacial score (nSPS) is 14.4. The van der Waals surface area contributed by atoms with Crippen LogP contribution in [0, 0.1) is 13.8 Å². The van der Waals surface area contributed by atoms with Gasteiger partial charge in [0, 0.05) is 57.6 Å². The zero-order valence-corrected chi connectivity index (χ0v) is 19.4. The second kappa shape index (κ2) is 10.0. The van der Waals surface area contributed by atoms with Gasteiger partial charge in [-0.2, -0.15) is 0 Å². The number of aryl methyl sites for hydroxylation is 2. The molecule has 1 heterocycles. The van der Waals surface area contributed by atoms with Gasteiger partial charge in [0.2, 0.25) is 0 Å². The Kier molecular flexibility index (Phi) is 6.91. The van der Waals surface area contributed by atoms with Crippen LogP contribution in [0.4, 0.5) is 5.69 Å². The molecule has 3 aromatic rings. The first-order valence-corrected chi connectivity index (χ1v) is 11.4. The van der Waals surface area contributed by atoms with Crippen LogP contribution in [0.2, 0.25) is 0 Å². The Labute approximate surface area is 192 Å². The van der Waals surface area contributed by atoms with Gasteiger partial charge in [-0.1, -0.05) is 48.5 Å². The number of hydrogen-bond donors (Lipinski definition) is 0. The fourth-order valence-corrected chi connectivity index (χ4v) is 4.25. The van der Waals surface area contributed by atoms with Gasteiger partial charge in [-0.15, -0.1) is 0 Å². The number of carbonyl (C=O) groups excluding carboxylic acids is 1. The first-order chi connectivity index (χ1) is 15.5. The van der Waals surface area contributed by atoms with Gasteiger partial charge in [0.15, 0.2) is 0 Å². The van der Waals surface area contributed by atoms with Gasteiger partial charge < -0.3 is 9.80 Å². The van der Waals surface area contributed by atoms with E-state index in [0.29, 0.717) is 6.54 Å². The van der Waals surface area contributed by atoms with Gasteiger partial charge >= 0.3 is 0 Å². The lowest BCUT2D eigenvalue weighted by atomic mass is 10.1. The van der Waals surface area contributed by atoms with Crippen LogP contribution in [0.5, 0.6) is 0 Å². The molecule has 1 saturated heterocycles. The van der Waals surface area contributed by atoms with E-state index in [0.717, 1.165) is 43.9 Å². The van der Waals surface area contributed by atoms with Crippen molar-refractivity contribution >= 4 is 11.6 Å². The van der Waals surface area contributed by atoms with Gasteiger partial charge in [0.25, 0.3) is 5.91 Å². The lowest BCUT2D eigenvalue weighted by Gasteiger charge is -2.36. The van der Waals surface area contributed by atoms with Gasteiger partial charge in [-0.05, 0) is 60.4 Å². The summed E-state index contributed by atoms with van der Waals surface area (Å²) >= 11 is 0. The Hall–Kier alpha value is -3.11. The second-order valence-electron chi connectivity index (χ2n) is 8.88. The van der Waals surface area contributed by atoms with E-state index in [1.54, 1.807) is 4.90 Å². The van der Waals surface area contributed by atoms with Crippen LogP contribution in [-0.4, -0.2) is 48.9 Å². The van der Waals surface area contributed by atoms with Crippen molar-refractivity contribution in [3.05, 3.63) is 101 Å². The van der Waals surface area contributed by atoms with Crippen LogP contribution < -0.4 is 4.90 Å². The molecule has 4 heteroatoms. The molecule has 1 amide bonds. The smallest absolute Gasteiger partial charge is 0.253 e. The van der Waals surface area contributed by atoms with E-state index in [9.17, 15) is 4.79 Å². The van der Waals surface area contributed by atoms with Crippen LogP contribution in [0.15, 0.2) is 72.8 Å². The van der Waals surface area contributed by atoms with E-state index in [4.69, 9.17) is 0 Å². The molecule has 32 heavy (non-hydrogen) atoms. The molecule has 0 atom stereocenters. The molecule has 4 rings (SSSR count). The summed E-state index contributed by atoms with van der Waals surface area (Å²) in [5.41, 5.74) is 7.17. The maximum Gasteiger partial charge on any atom is 0.253 e. The number of anilines is 1. The first kappa shape index (κ1) is 22.1. The molecule has 1 fully saturated rings. The molecular formula is C28H33N3O. The Bertz CT molecular complexity index is 1040. The van der Waals surface area contributed by atoms with Crippen molar-refractivity contribution < 1.29 is 4.79 Å². The van der Waals surface area contributed by atoms with Crippen molar-refractivity contribution in [3.63, 3.8) is 0 Å². The van der Waals surface area contributed by atoms with E-state index in [2.05, 4.69) is 54.0 Å². The Morgan fingerprint density at radius 2 is 1.50 bits per heavy atom. The molecule has 166 valence electrons. The fraction of sp³-hybridized carbons (Fsp3) is 0.321. The third-order valence-corrected chi connectivity index (χ3v) is 6.44. The molecular weight excluding hydrogens is 394 g/mol. The van der Waals surface area contributed by atoms with E-state index in [1.165, 1.54) is 22.4 Å². The molecule has 1 aliphatic rings. The quantitative estimate of drug-likeness (QED) is 0.560. The summed E-state index contributed by atoms with van der Waals surface area (Å²) in [7, 11) is 1.86. The number of carbonyl (C=O) groups is 1. The lowest BCUT2D eigenvalue weighted by Crippen LogP contribution is -2.46. The molecule has 0 spiro atoms. The van der Waals surface area contributed by atoms with Gasteiger partial charge in [-0.3, -0.25) is 9.69 Å². The highest BCUT2D eigenvalue weighted by Gasteiger charge is 2.18. The van der Waals surface area contributed by atoms with Crippen LogP contribution >= 0.6 is 0 Å². The Morgan fingerprint density at radius 3 is 2.16 bits per heavy atom. The SMILES string of the molecule is Cc1ccc(N2CCN(Cc3ccc(C(=O)N(C)Cc4ccccc4)cc3)CC2)cc1C. The number of nitrogens with zero attached hydrogens (tertiary/aromatic N) is 3. The lowest BCUT2D eigenvalue weighted by molar-refractivity contribution is 0.0785. The van der Waals surface area contributed by atoms with Gasteiger partial charge in [0.1, 0.15) is 0 Å². The van der Waals surface area contributed by atoms with E-state index in [1.807, 2.05) is 49.5 Å². The number of amides is 1. The highest BCUT2D eigenvalue weighted by molar-refractivity contribution is 5.94. The topological polar surface area (TPSA) is 26.8 Å². The summed E-state index contributed by atoms with van der Waals surface area (Å²) in [4.78, 5) is 19.5. The molecule has 0 saturated carbocycles. The van der Waals surface area contributed by atoms with Crippen molar-refractivity contribution in [1.29, 1.82) is 0 Å². The molecule has 0 aliphatic carbocycles. The molecule has 0 N–H and O–H groups in total. The maximum atomic E-state index is 12.8. The Morgan fingerprint density at radius 1 is 0.812 bits per heavy atom. The number of benzene rings is 3. The molecule has 0 aromatic heterocycles. The first-order valence-electron chi connectivity index (χ1n) is 11.4. The standard InChI is InChI=1S/C28H33N3O/c1-22-9-14-27(19-23(22)2)31-17-15-30(16-18-31)21-25-10-12-26(13-11-25)28(32)29(3)20-24-7-5-4-6-8-24/h4-14,19H,15-18,20-21H2,1-3H3. The summed E-state index contributed by atoms with van der Waals surface area (Å²) in [5, 5.41) is 0. The van der Waals surface area contributed by atoms with E-state index < -0.39 is 0 Å². The number of rotatable bonds is 6. The third kappa shape index (κ3) is 5.38. The predicted octanol–water partition coefficient (Wildman–Crippen LogP) is 4.90. The average molecular weight is 428 g/mol. The highest BCUT2D eigenvalue weighted by atomic mass is 16.2. The van der Waals surface area contributed by atoms with Gasteiger partial charge in [0.05, 0.1) is 0 Å². The molecule has 0 bridgehead atoms. The fourth-order valence-electron chi connectivity index (χ4n) is 4.25. The molecule has 0 unspecified atom stereocenters. The van der Waals surface area contributed by atoms with Crippen molar-refractivity contribution in [2.24, 2.45) is 0 Å². The summed E-state index contributed by atoms with van der Waals surface area (Å²) < 4.78 is 0. The summed E-state index contributed by atoms with van der Waals surface area (Å²) in [6.07, 6.45) is 0. The zero-order chi connectivity index (χ0) is 22.5. The monoisotopic (exact) mass is 427 g/mol. The van der Waals surface area contributed by atoms with Crippen LogP contribution in [0.3, 0.4) is 0 Å². The number of piperazine rings is 1. The highest BCUT2D eigenvalue weighted by Crippen LogP contribution is 2.21. The average Bonchev–Trinajstić information content (AvgIpc) is 2.82. The third-order valence-electron chi connectivity index (χ3n) is 6.44. The summed E-state index contributed by atoms with van der Waals surface area (Å²) in [6.45, 7) is 10.1.